The van der Waals surface area contributed by atoms with Crippen LogP contribution in [0.15, 0.2) is 10.1 Å². The molecule has 0 aliphatic heterocycles. The summed E-state index contributed by atoms with van der Waals surface area (Å²) in [5.41, 5.74) is 1.97. The van der Waals surface area contributed by atoms with E-state index in [9.17, 15) is 0 Å². The number of alkyl halides is 2. The Morgan fingerprint density at radius 3 is 2.22 bits per heavy atom. The molecule has 4 aliphatic rings. The van der Waals surface area contributed by atoms with Crippen LogP contribution >= 0.6 is 46.4 Å². The maximum Gasteiger partial charge on any atom is 0.131 e. The molecule has 4 aliphatic carbocycles. The molecule has 4 fully saturated rings. The largest absolute Gasteiger partial charge is 0.131 e. The average Bonchev–Trinajstić information content (AvgIpc) is 3.08. The number of halogens is 4. The molecule has 0 nitrogen and oxygen atoms in total. The molecular weight excluding hydrogens is 478 g/mol. The van der Waals surface area contributed by atoms with Crippen LogP contribution in [0.2, 0.25) is 0 Å². The van der Waals surface area contributed by atoms with Crippen molar-refractivity contribution in [1.29, 1.82) is 0 Å². The van der Waals surface area contributed by atoms with Gasteiger partial charge in [0.25, 0.3) is 0 Å². The van der Waals surface area contributed by atoms with Crippen molar-refractivity contribution in [3.05, 3.63) is 10.1 Å². The van der Waals surface area contributed by atoms with E-state index in [1.807, 2.05) is 0 Å². The maximum absolute atomic E-state index is 6.15. The van der Waals surface area contributed by atoms with E-state index in [0.717, 1.165) is 47.5 Å². The van der Waals surface area contributed by atoms with Gasteiger partial charge in [-0.15, -0.1) is 23.2 Å². The van der Waals surface area contributed by atoms with E-state index >= 15 is 0 Å². The van der Waals surface area contributed by atoms with Crippen molar-refractivity contribution in [2.75, 3.05) is 0 Å². The lowest BCUT2D eigenvalue weighted by molar-refractivity contribution is -0.114. The third-order valence-corrected chi connectivity index (χ3v) is 12.3. The lowest BCUT2D eigenvalue weighted by Gasteiger charge is -2.61. The Morgan fingerprint density at radius 1 is 0.812 bits per heavy atom. The molecule has 0 amide bonds. The summed E-state index contributed by atoms with van der Waals surface area (Å²) in [5.74, 6) is 5.75. The van der Waals surface area contributed by atoms with Gasteiger partial charge in [0.2, 0.25) is 0 Å². The molecule has 0 N–H and O–H groups in total. The SMILES string of the molecule is C[C@H](CC[C@H](C)C(=C(Cl)Cl)C(Cl)Cl)[C@H]1CC[C@H]2[C@@H]3CCC4CCCC[C@]4(C)[C@H]3CC[C@]12C. The second-order valence-corrected chi connectivity index (χ2v) is 14.6. The van der Waals surface area contributed by atoms with Crippen molar-refractivity contribution >= 4 is 46.4 Å². The molecule has 0 heterocycles. The maximum atomic E-state index is 6.15. The van der Waals surface area contributed by atoms with Crippen molar-refractivity contribution < 1.29 is 0 Å². The Bertz CT molecular complexity index is 698. The summed E-state index contributed by atoms with van der Waals surface area (Å²) in [6.07, 6.45) is 17.1. The molecule has 0 aromatic heterocycles. The van der Waals surface area contributed by atoms with Crippen LogP contribution in [0.1, 0.15) is 105 Å². The summed E-state index contributed by atoms with van der Waals surface area (Å²) in [7, 11) is 0. The molecule has 4 saturated carbocycles. The zero-order valence-corrected chi connectivity index (χ0v) is 23.6. The highest BCUT2D eigenvalue weighted by Crippen LogP contribution is 2.68. The molecule has 0 aromatic rings. The van der Waals surface area contributed by atoms with E-state index in [4.69, 9.17) is 46.4 Å². The molecule has 0 spiro atoms. The van der Waals surface area contributed by atoms with Crippen LogP contribution in [0.3, 0.4) is 0 Å². The molecule has 0 saturated heterocycles. The van der Waals surface area contributed by atoms with Crippen LogP contribution < -0.4 is 0 Å². The molecule has 32 heavy (non-hydrogen) atoms. The summed E-state index contributed by atoms with van der Waals surface area (Å²) in [5, 5.41) is 0. The topological polar surface area (TPSA) is 0 Å². The van der Waals surface area contributed by atoms with Crippen LogP contribution in [-0.2, 0) is 0 Å². The zero-order chi connectivity index (χ0) is 23.3. The smallest absolute Gasteiger partial charge is 0.100 e. The number of hydrogen-bond acceptors (Lipinski definition) is 0. The van der Waals surface area contributed by atoms with Gasteiger partial charge in [-0.1, -0.05) is 63.7 Å². The van der Waals surface area contributed by atoms with E-state index in [1.165, 1.54) is 70.6 Å². The minimum atomic E-state index is -0.620. The van der Waals surface area contributed by atoms with Crippen molar-refractivity contribution in [2.45, 2.75) is 110 Å². The molecule has 9 atom stereocenters. The van der Waals surface area contributed by atoms with Crippen LogP contribution in [0.4, 0.5) is 0 Å². The van der Waals surface area contributed by atoms with Crippen LogP contribution in [0, 0.1) is 52.3 Å². The Labute approximate surface area is 217 Å². The first-order chi connectivity index (χ1) is 15.1. The van der Waals surface area contributed by atoms with Gasteiger partial charge in [0.05, 0.1) is 0 Å². The van der Waals surface area contributed by atoms with Crippen LogP contribution in [-0.4, -0.2) is 4.84 Å². The predicted octanol–water partition coefficient (Wildman–Crippen LogP) is 10.6. The fourth-order valence-corrected chi connectivity index (χ4v) is 11.1. The van der Waals surface area contributed by atoms with Crippen LogP contribution in [0.25, 0.3) is 0 Å². The summed E-state index contributed by atoms with van der Waals surface area (Å²) in [4.78, 5) is -0.620. The van der Waals surface area contributed by atoms with Gasteiger partial charge in [0.15, 0.2) is 0 Å². The standard InChI is InChI=1S/C28H44Cl4/c1-17(8-9-18(2)24(25(29)30)26(31)32)21-12-13-22-20-11-10-19-7-5-6-15-27(19,3)23(20)14-16-28(21,22)4/h17-23,25H,5-16H2,1-4H3/t17-,18+,19?,20+,21-,22+,23+,27+,28-/m1/s1. The summed E-state index contributed by atoms with van der Waals surface area (Å²) < 4.78 is 0.248. The second kappa shape index (κ2) is 10.1. The van der Waals surface area contributed by atoms with Crippen molar-refractivity contribution in [3.8, 4) is 0 Å². The van der Waals surface area contributed by atoms with E-state index in [-0.39, 0.29) is 10.4 Å². The zero-order valence-electron chi connectivity index (χ0n) is 20.6. The molecule has 0 radical (unpaired) electrons. The third-order valence-electron chi connectivity index (χ3n) is 11.4. The number of hydrogen-bond donors (Lipinski definition) is 0. The highest BCUT2D eigenvalue weighted by molar-refractivity contribution is 6.57. The van der Waals surface area contributed by atoms with Crippen molar-refractivity contribution in [2.24, 2.45) is 52.3 Å². The first kappa shape index (κ1) is 26.0. The van der Waals surface area contributed by atoms with Crippen LogP contribution in [0.5, 0.6) is 0 Å². The highest BCUT2D eigenvalue weighted by atomic mass is 35.5. The van der Waals surface area contributed by atoms with E-state index in [0.29, 0.717) is 10.8 Å². The van der Waals surface area contributed by atoms with Gasteiger partial charge in [-0.2, -0.15) is 0 Å². The van der Waals surface area contributed by atoms with Gasteiger partial charge < -0.3 is 0 Å². The van der Waals surface area contributed by atoms with Gasteiger partial charge in [0, 0.05) is 0 Å². The Balaban J connectivity index is 1.43. The molecule has 4 heteroatoms. The third kappa shape index (κ3) is 4.55. The highest BCUT2D eigenvalue weighted by Gasteiger charge is 2.60. The minimum absolute atomic E-state index is 0.227. The van der Waals surface area contributed by atoms with Gasteiger partial charge in [0.1, 0.15) is 9.33 Å². The molecule has 0 aromatic carbocycles. The number of rotatable bonds is 6. The second-order valence-electron chi connectivity index (χ2n) is 12.6. The molecule has 184 valence electrons. The quantitative estimate of drug-likeness (QED) is 0.305. The normalized spacial score (nSPS) is 43.2. The molecule has 1 unspecified atom stereocenters. The first-order valence-electron chi connectivity index (χ1n) is 13.4. The number of allylic oxidation sites excluding steroid dienone is 1. The molecular formula is C28H44Cl4. The van der Waals surface area contributed by atoms with Gasteiger partial charge in [-0.05, 0) is 122 Å². The van der Waals surface area contributed by atoms with E-state index in [2.05, 4.69) is 27.7 Å². The van der Waals surface area contributed by atoms with Gasteiger partial charge in [-0.3, -0.25) is 0 Å². The molecule has 0 bridgehead atoms. The average molecular weight is 522 g/mol. The Hall–Kier alpha value is 0.900. The summed E-state index contributed by atoms with van der Waals surface area (Å²) in [6, 6.07) is 0. The Kier molecular flexibility index (Phi) is 8.20. The molecule has 4 rings (SSSR count). The predicted molar refractivity (Wildman–Crippen MR) is 142 cm³/mol. The van der Waals surface area contributed by atoms with Gasteiger partial charge in [-0.25, -0.2) is 0 Å². The monoisotopic (exact) mass is 520 g/mol. The fraction of sp³-hybridized carbons (Fsp3) is 0.929. The summed E-state index contributed by atoms with van der Waals surface area (Å²) >= 11 is 24.5. The lowest BCUT2D eigenvalue weighted by atomic mass is 9.44. The Morgan fingerprint density at radius 2 is 1.53 bits per heavy atom. The van der Waals surface area contributed by atoms with Crippen molar-refractivity contribution in [3.63, 3.8) is 0 Å². The van der Waals surface area contributed by atoms with Gasteiger partial charge >= 0.3 is 0 Å². The van der Waals surface area contributed by atoms with Crippen molar-refractivity contribution in [1.82, 2.24) is 0 Å². The lowest BCUT2D eigenvalue weighted by Crippen LogP contribution is -2.53. The minimum Gasteiger partial charge on any atom is -0.100 e. The number of fused-ring (bicyclic) bond motifs is 5. The van der Waals surface area contributed by atoms with E-state index in [1.54, 1.807) is 0 Å². The first-order valence-corrected chi connectivity index (χ1v) is 15.1. The van der Waals surface area contributed by atoms with E-state index < -0.39 is 4.84 Å². The fourth-order valence-electron chi connectivity index (χ4n) is 9.62. The summed E-state index contributed by atoms with van der Waals surface area (Å²) in [6.45, 7) is 10.0.